The van der Waals surface area contributed by atoms with Gasteiger partial charge in [0.25, 0.3) is 0 Å². The number of thiophene rings is 1. The summed E-state index contributed by atoms with van der Waals surface area (Å²) in [5.41, 5.74) is 2.17. The van der Waals surface area contributed by atoms with Gasteiger partial charge in [0.05, 0.1) is 4.90 Å². The minimum atomic E-state index is -3.43. The predicted octanol–water partition coefficient (Wildman–Crippen LogP) is 2.12. The lowest BCUT2D eigenvalue weighted by Gasteiger charge is -2.15. The Hall–Kier alpha value is -1.90. The zero-order valence-corrected chi connectivity index (χ0v) is 16.2. The molecule has 1 atom stereocenters. The lowest BCUT2D eigenvalue weighted by molar-refractivity contribution is 0.588. The Labute approximate surface area is 153 Å². The van der Waals surface area contributed by atoms with Gasteiger partial charge in [-0.2, -0.15) is 11.3 Å². The van der Waals surface area contributed by atoms with Gasteiger partial charge in [-0.05, 0) is 53.1 Å². The number of hydrogen-bond donors (Lipinski definition) is 3. The SMILES string of the molecule is CN=C(NCc1cccc(S(=O)(=O)NC)c1)NCC(C)c1ccsc1. The molecule has 0 saturated carbocycles. The molecular weight excluding hydrogens is 356 g/mol. The van der Waals surface area contributed by atoms with Crippen molar-refractivity contribution in [3.63, 3.8) is 0 Å². The van der Waals surface area contributed by atoms with Gasteiger partial charge in [0, 0.05) is 20.1 Å². The summed E-state index contributed by atoms with van der Waals surface area (Å²) < 4.78 is 26.1. The van der Waals surface area contributed by atoms with E-state index in [-0.39, 0.29) is 4.90 Å². The zero-order valence-electron chi connectivity index (χ0n) is 14.6. The van der Waals surface area contributed by atoms with Crippen LogP contribution in [0.3, 0.4) is 0 Å². The third-order valence-electron chi connectivity index (χ3n) is 3.85. The summed E-state index contributed by atoms with van der Waals surface area (Å²) in [6, 6.07) is 8.96. The Morgan fingerprint density at radius 2 is 2.08 bits per heavy atom. The first-order chi connectivity index (χ1) is 12.0. The van der Waals surface area contributed by atoms with Crippen molar-refractivity contribution >= 4 is 27.3 Å². The Morgan fingerprint density at radius 1 is 1.28 bits per heavy atom. The minimum absolute atomic E-state index is 0.253. The second kappa shape index (κ2) is 8.98. The van der Waals surface area contributed by atoms with Crippen LogP contribution in [0.2, 0.25) is 0 Å². The molecule has 0 saturated heterocycles. The van der Waals surface area contributed by atoms with Crippen LogP contribution < -0.4 is 15.4 Å². The first kappa shape index (κ1) is 19.4. The van der Waals surface area contributed by atoms with Crippen molar-refractivity contribution in [1.82, 2.24) is 15.4 Å². The summed E-state index contributed by atoms with van der Waals surface area (Å²) in [4.78, 5) is 4.46. The number of nitrogens with one attached hydrogen (secondary N) is 3. The van der Waals surface area contributed by atoms with Gasteiger partial charge in [0.1, 0.15) is 0 Å². The average Bonchev–Trinajstić information content (AvgIpc) is 3.16. The summed E-state index contributed by atoms with van der Waals surface area (Å²) in [7, 11) is -0.316. The van der Waals surface area contributed by atoms with Crippen molar-refractivity contribution in [2.24, 2.45) is 4.99 Å². The molecule has 0 aliphatic rings. The van der Waals surface area contributed by atoms with Gasteiger partial charge in [-0.3, -0.25) is 4.99 Å². The molecule has 2 rings (SSSR count). The van der Waals surface area contributed by atoms with Crippen molar-refractivity contribution in [3.8, 4) is 0 Å². The van der Waals surface area contributed by atoms with Crippen LogP contribution in [-0.4, -0.2) is 35.0 Å². The van der Waals surface area contributed by atoms with Crippen LogP contribution in [0.15, 0.2) is 51.0 Å². The summed E-state index contributed by atoms with van der Waals surface area (Å²) >= 11 is 1.69. The molecule has 6 nitrogen and oxygen atoms in total. The van der Waals surface area contributed by atoms with E-state index in [4.69, 9.17) is 0 Å². The van der Waals surface area contributed by atoms with E-state index in [1.54, 1.807) is 36.6 Å². The molecule has 1 aromatic carbocycles. The van der Waals surface area contributed by atoms with Gasteiger partial charge >= 0.3 is 0 Å². The fraction of sp³-hybridized carbons (Fsp3) is 0.353. The molecule has 0 spiro atoms. The molecule has 3 N–H and O–H groups in total. The summed E-state index contributed by atoms with van der Waals surface area (Å²) in [6.45, 7) is 3.42. The first-order valence-electron chi connectivity index (χ1n) is 7.95. The molecule has 0 bridgehead atoms. The molecule has 0 aliphatic heterocycles. The molecule has 1 aromatic heterocycles. The highest BCUT2D eigenvalue weighted by Gasteiger charge is 2.11. The fourth-order valence-electron chi connectivity index (χ4n) is 2.27. The number of hydrogen-bond acceptors (Lipinski definition) is 4. The van der Waals surface area contributed by atoms with Crippen LogP contribution in [-0.2, 0) is 16.6 Å². The summed E-state index contributed by atoms with van der Waals surface area (Å²) in [5.74, 6) is 1.07. The van der Waals surface area contributed by atoms with Crippen LogP contribution in [0.4, 0.5) is 0 Å². The Balaban J connectivity index is 1.92. The lowest BCUT2D eigenvalue weighted by Crippen LogP contribution is -2.38. The summed E-state index contributed by atoms with van der Waals surface area (Å²) in [5, 5.41) is 10.7. The maximum Gasteiger partial charge on any atom is 0.240 e. The smallest absolute Gasteiger partial charge is 0.240 e. The van der Waals surface area contributed by atoms with Crippen LogP contribution in [0.5, 0.6) is 0 Å². The van der Waals surface area contributed by atoms with Gasteiger partial charge in [0.15, 0.2) is 5.96 Å². The summed E-state index contributed by atoms with van der Waals surface area (Å²) in [6.07, 6.45) is 0. The van der Waals surface area contributed by atoms with E-state index in [2.05, 4.69) is 44.1 Å². The van der Waals surface area contributed by atoms with Crippen molar-refractivity contribution in [2.75, 3.05) is 20.6 Å². The number of aliphatic imine (C=N–C) groups is 1. The average molecular weight is 381 g/mol. The fourth-order valence-corrected chi connectivity index (χ4v) is 3.85. The maximum absolute atomic E-state index is 11.9. The number of nitrogens with zero attached hydrogens (tertiary/aromatic N) is 1. The van der Waals surface area contributed by atoms with Gasteiger partial charge in [-0.15, -0.1) is 0 Å². The van der Waals surface area contributed by atoms with Gasteiger partial charge < -0.3 is 10.6 Å². The highest BCUT2D eigenvalue weighted by atomic mass is 32.2. The standard InChI is InChI=1S/C17H24N4O2S2/c1-13(15-7-8-24-12-15)10-20-17(18-2)21-11-14-5-4-6-16(9-14)25(22,23)19-3/h4-9,12-13,19H,10-11H2,1-3H3,(H2,18,20,21). The third kappa shape index (κ3) is 5.55. The molecule has 0 amide bonds. The quantitative estimate of drug-likeness (QED) is 0.508. The van der Waals surface area contributed by atoms with E-state index < -0.39 is 10.0 Å². The van der Waals surface area contributed by atoms with Crippen LogP contribution in [0, 0.1) is 0 Å². The van der Waals surface area contributed by atoms with Crippen molar-refractivity contribution in [3.05, 3.63) is 52.2 Å². The highest BCUT2D eigenvalue weighted by Crippen LogP contribution is 2.17. The first-order valence-corrected chi connectivity index (χ1v) is 10.4. The van der Waals surface area contributed by atoms with E-state index in [9.17, 15) is 8.42 Å². The molecule has 2 aromatic rings. The van der Waals surface area contributed by atoms with Crippen LogP contribution in [0.25, 0.3) is 0 Å². The molecule has 1 heterocycles. The third-order valence-corrected chi connectivity index (χ3v) is 5.96. The second-order valence-corrected chi connectivity index (χ2v) is 8.29. The van der Waals surface area contributed by atoms with Gasteiger partial charge in [-0.25, -0.2) is 13.1 Å². The Kier molecular flexibility index (Phi) is 6.98. The number of guanidine groups is 1. The molecule has 8 heteroatoms. The molecule has 0 aliphatic carbocycles. The molecule has 0 radical (unpaired) electrons. The van der Waals surface area contributed by atoms with Gasteiger partial charge in [0.2, 0.25) is 10.0 Å². The van der Waals surface area contributed by atoms with E-state index in [1.807, 2.05) is 6.07 Å². The molecule has 0 fully saturated rings. The van der Waals surface area contributed by atoms with Crippen LogP contribution in [0.1, 0.15) is 24.0 Å². The Morgan fingerprint density at radius 3 is 2.72 bits per heavy atom. The lowest BCUT2D eigenvalue weighted by atomic mass is 10.1. The largest absolute Gasteiger partial charge is 0.356 e. The number of rotatable bonds is 7. The minimum Gasteiger partial charge on any atom is -0.356 e. The zero-order chi connectivity index (χ0) is 18.3. The molecular formula is C17H24N4O2S2. The highest BCUT2D eigenvalue weighted by molar-refractivity contribution is 7.89. The van der Waals surface area contributed by atoms with E-state index >= 15 is 0 Å². The topological polar surface area (TPSA) is 82.6 Å². The second-order valence-electron chi connectivity index (χ2n) is 5.62. The maximum atomic E-state index is 11.9. The Bertz CT molecular complexity index is 802. The monoisotopic (exact) mass is 380 g/mol. The van der Waals surface area contributed by atoms with Crippen molar-refractivity contribution in [1.29, 1.82) is 0 Å². The van der Waals surface area contributed by atoms with E-state index in [0.717, 1.165) is 12.1 Å². The molecule has 1 unspecified atom stereocenters. The van der Waals surface area contributed by atoms with E-state index in [0.29, 0.717) is 18.4 Å². The molecule has 25 heavy (non-hydrogen) atoms. The van der Waals surface area contributed by atoms with Gasteiger partial charge in [-0.1, -0.05) is 19.1 Å². The number of benzene rings is 1. The van der Waals surface area contributed by atoms with Crippen molar-refractivity contribution in [2.45, 2.75) is 24.3 Å². The normalized spacial score (nSPS) is 13.5. The van der Waals surface area contributed by atoms with E-state index in [1.165, 1.54) is 12.6 Å². The predicted molar refractivity (Wildman–Crippen MR) is 104 cm³/mol. The molecule has 136 valence electrons. The van der Waals surface area contributed by atoms with Crippen LogP contribution >= 0.6 is 11.3 Å². The van der Waals surface area contributed by atoms with Crippen molar-refractivity contribution < 1.29 is 8.42 Å². The number of sulfonamides is 1.